The molecule has 0 atom stereocenters. The Morgan fingerprint density at radius 1 is 0.202 bits per heavy atom. The van der Waals surface area contributed by atoms with Crippen molar-refractivity contribution in [1.82, 2.24) is 45.7 Å². The van der Waals surface area contributed by atoms with Crippen LogP contribution in [-0.4, -0.2) is 45.7 Å². The second-order valence-corrected chi connectivity index (χ2v) is 26.6. The Labute approximate surface area is 793 Å². The molecule has 17 aromatic rings. The number of rotatable bonds is 1. The molecule has 0 spiro atoms. The third-order valence-corrected chi connectivity index (χ3v) is 19.5. The zero-order valence-electron chi connectivity index (χ0n) is 92.0. The SMILES string of the molecule is C=Cc1cn(C)c2ccccc12.CC.CC.CC.CC.CC.CC.CC.CC.CC.CC.CC.CC.CC.CC.Cc1c(C)n(C)c2ccccc12.Cc1ccc(C)n1C.Cc1ccc(C)n1C.Cc1cccn1C.Cc1cn(C)c2ccccc12.Cc1cn(C)c2ccccc12.Cc1cn(C)cc1C.Cn1c2ccccc2c2ccccc21.Cn1ccc2ccccc21. The minimum Gasteiger partial charge on any atom is -0.357 e. The van der Waals surface area contributed by atoms with Gasteiger partial charge in [0, 0.05) is 219 Å². The summed E-state index contributed by atoms with van der Waals surface area (Å²) in [5.74, 6) is 0. The van der Waals surface area contributed by atoms with Crippen LogP contribution in [0.4, 0.5) is 0 Å². The fraction of sp³-hybridized carbons (Fsp3) is 0.412. The number of nitrogens with zero attached hydrogens (tertiary/aromatic N) is 10. The van der Waals surface area contributed by atoms with E-state index >= 15 is 0 Å². The molecular weight excluding hydrogens is 1570 g/mol. The second kappa shape index (κ2) is 80.2. The third kappa shape index (κ3) is 43.3. The average Bonchev–Trinajstić information content (AvgIpc) is 1.56. The summed E-state index contributed by atoms with van der Waals surface area (Å²) < 4.78 is 21.5. The van der Waals surface area contributed by atoms with Gasteiger partial charge in [0.15, 0.2) is 0 Å². The number of hydrogen-bond donors (Lipinski definition) is 0. The molecule has 0 aliphatic carbocycles. The Bertz CT molecular complexity index is 5120. The topological polar surface area (TPSA) is 49.3 Å². The Hall–Kier alpha value is -11.1. The van der Waals surface area contributed by atoms with Crippen molar-refractivity contribution in [3.05, 3.63) is 330 Å². The van der Waals surface area contributed by atoms with Gasteiger partial charge < -0.3 is 45.7 Å². The van der Waals surface area contributed by atoms with Crippen LogP contribution < -0.4 is 0 Å². The van der Waals surface area contributed by atoms with Crippen molar-refractivity contribution >= 4 is 82.4 Å². The van der Waals surface area contributed by atoms with Crippen LogP contribution in [0.15, 0.2) is 262 Å². The van der Waals surface area contributed by atoms with Crippen LogP contribution in [0.3, 0.4) is 0 Å². The van der Waals surface area contributed by atoms with E-state index in [-0.39, 0.29) is 0 Å². The summed E-state index contributed by atoms with van der Waals surface area (Å²) in [6.45, 7) is 83.1. The lowest BCUT2D eigenvalue weighted by Crippen LogP contribution is -1.91. The van der Waals surface area contributed by atoms with Crippen molar-refractivity contribution in [2.75, 3.05) is 0 Å². The van der Waals surface area contributed by atoms with Gasteiger partial charge in [0.05, 0.1) is 0 Å². The van der Waals surface area contributed by atoms with Gasteiger partial charge in [-0.05, 0) is 200 Å². The molecule has 0 saturated heterocycles. The highest BCUT2D eigenvalue weighted by Gasteiger charge is 2.08. The maximum absolute atomic E-state index is 3.78. The van der Waals surface area contributed by atoms with Gasteiger partial charge >= 0.3 is 0 Å². The number of fused-ring (bicyclic) bond motifs is 8. The number of para-hydroxylation sites is 7. The van der Waals surface area contributed by atoms with Gasteiger partial charge in [-0.1, -0.05) is 334 Å². The molecule has 718 valence electrons. The fourth-order valence-corrected chi connectivity index (χ4v) is 12.6. The maximum atomic E-state index is 3.78. The zero-order valence-corrected chi connectivity index (χ0v) is 92.0. The van der Waals surface area contributed by atoms with Crippen LogP contribution in [0.1, 0.15) is 261 Å². The van der Waals surface area contributed by atoms with Crippen molar-refractivity contribution in [2.24, 2.45) is 70.5 Å². The largest absolute Gasteiger partial charge is 0.357 e. The summed E-state index contributed by atoms with van der Waals surface area (Å²) in [7, 11) is 20.7. The molecule has 0 fully saturated rings. The molecule has 0 radical (unpaired) electrons. The first-order valence-electron chi connectivity index (χ1n) is 48.8. The van der Waals surface area contributed by atoms with Gasteiger partial charge in [0.1, 0.15) is 0 Å². The lowest BCUT2D eigenvalue weighted by atomic mass is 10.2. The first kappa shape index (κ1) is 131. The van der Waals surface area contributed by atoms with E-state index in [1.54, 1.807) is 0 Å². The first-order valence-corrected chi connectivity index (χ1v) is 48.8. The van der Waals surface area contributed by atoms with Crippen LogP contribution >= 0.6 is 0 Å². The summed E-state index contributed by atoms with van der Waals surface area (Å²) in [5.41, 5.74) is 25.1. The van der Waals surface area contributed by atoms with Crippen LogP contribution in [0.5, 0.6) is 0 Å². The highest BCUT2D eigenvalue weighted by atomic mass is 15.0. The molecule has 0 aliphatic rings. The van der Waals surface area contributed by atoms with Crippen molar-refractivity contribution < 1.29 is 0 Å². The molecular formula is C119H192N10. The first-order chi connectivity index (χ1) is 62.3. The molecule has 0 saturated carbocycles. The predicted octanol–water partition coefficient (Wildman–Crippen LogP) is 36.7. The van der Waals surface area contributed by atoms with E-state index in [0.29, 0.717) is 0 Å². The summed E-state index contributed by atoms with van der Waals surface area (Å²) >= 11 is 0. The molecule has 10 heterocycles. The van der Waals surface area contributed by atoms with Crippen molar-refractivity contribution in [1.29, 1.82) is 0 Å². The van der Waals surface area contributed by atoms with E-state index in [1.807, 2.05) is 226 Å². The van der Waals surface area contributed by atoms with E-state index in [1.165, 1.54) is 144 Å². The van der Waals surface area contributed by atoms with E-state index < -0.39 is 0 Å². The smallest absolute Gasteiger partial charge is 0.0488 e. The Morgan fingerprint density at radius 2 is 0.481 bits per heavy atom. The molecule has 0 aliphatic heterocycles. The monoisotopic (exact) mass is 1760 g/mol. The molecule has 0 N–H and O–H groups in total. The molecule has 10 aromatic heterocycles. The zero-order chi connectivity index (χ0) is 101. The van der Waals surface area contributed by atoms with Crippen molar-refractivity contribution in [2.45, 2.75) is 270 Å². The lowest BCUT2D eigenvalue weighted by molar-refractivity contribution is 0.844. The minimum atomic E-state index is 1.20. The van der Waals surface area contributed by atoms with Gasteiger partial charge in [-0.15, -0.1) is 0 Å². The summed E-state index contributed by atoms with van der Waals surface area (Å²) in [5, 5.41) is 9.35. The van der Waals surface area contributed by atoms with Crippen molar-refractivity contribution in [3.8, 4) is 0 Å². The second-order valence-electron chi connectivity index (χ2n) is 26.6. The van der Waals surface area contributed by atoms with Gasteiger partial charge in [0.25, 0.3) is 0 Å². The van der Waals surface area contributed by atoms with E-state index in [2.05, 4.69) is 428 Å². The highest BCUT2D eigenvalue weighted by Crippen LogP contribution is 2.28. The maximum Gasteiger partial charge on any atom is 0.0488 e. The number of hydrogen-bond acceptors (Lipinski definition) is 0. The van der Waals surface area contributed by atoms with Crippen LogP contribution in [0, 0.1) is 76.2 Å². The van der Waals surface area contributed by atoms with Gasteiger partial charge in [-0.25, -0.2) is 0 Å². The number of benzene rings is 7. The molecule has 7 aromatic carbocycles. The van der Waals surface area contributed by atoms with Gasteiger partial charge in [-0.3, -0.25) is 0 Å². The van der Waals surface area contributed by atoms with E-state index in [9.17, 15) is 0 Å². The molecule has 10 heteroatoms. The average molecular weight is 1760 g/mol. The standard InChI is InChI=1S/C13H11N.C11H13N.C11H11N.2C10H11N.C9H9N.3C7H11N.C6H9N.14C2H6/c1-14-12-8-4-2-6-10(12)11-7-3-5-9-13(11)14;1-8-9(2)12(3)11-7-5-4-6-10(8)11;1-3-9-8-12(2)11-7-5-4-6-10(9)11;2*1-8-7-11(2)10-6-4-3-5-9(8)10;1-10-7-6-8-4-2-3-5-9(8)10;1-6-4-8(3)5-7(6)2;2*1-6-4-5-7(2)8(6)3;1-6-4-3-5-7(6)2;14*1-2/h2-9H,1H3;4-7H,1-3H3;3-8H,1H2,2H3;2*3-7H,1-2H3;2-7H,1H3;3*4-5H,1-3H3;3-5H,1-2H3;14*1-2H3. The molecule has 17 rings (SSSR count). The number of aryl methyl sites for hydroxylation is 18. The molecule has 10 nitrogen and oxygen atoms in total. The fourth-order valence-electron chi connectivity index (χ4n) is 12.6. The summed E-state index contributed by atoms with van der Waals surface area (Å²) in [6, 6.07) is 73.9. The summed E-state index contributed by atoms with van der Waals surface area (Å²) in [6.07, 6.45) is 16.7. The molecule has 129 heavy (non-hydrogen) atoms. The van der Waals surface area contributed by atoms with Crippen LogP contribution in [0.2, 0.25) is 0 Å². The normalized spacial score (nSPS) is 8.84. The van der Waals surface area contributed by atoms with E-state index in [4.69, 9.17) is 0 Å². The summed E-state index contributed by atoms with van der Waals surface area (Å²) in [4.78, 5) is 0. The van der Waals surface area contributed by atoms with E-state index in [0.717, 1.165) is 0 Å². The third-order valence-electron chi connectivity index (χ3n) is 19.5. The van der Waals surface area contributed by atoms with Crippen molar-refractivity contribution in [3.63, 3.8) is 0 Å². The quantitative estimate of drug-likeness (QED) is 0.157. The molecule has 0 unspecified atom stereocenters. The Morgan fingerprint density at radius 3 is 0.744 bits per heavy atom. The van der Waals surface area contributed by atoms with Crippen LogP contribution in [0.25, 0.3) is 82.4 Å². The number of aromatic nitrogens is 10. The van der Waals surface area contributed by atoms with Gasteiger partial charge in [0.2, 0.25) is 0 Å². The molecule has 0 amide bonds. The Balaban J connectivity index is -0.000000250. The van der Waals surface area contributed by atoms with Crippen LogP contribution in [-0.2, 0) is 70.5 Å². The lowest BCUT2D eigenvalue weighted by Gasteiger charge is -1.96. The predicted molar refractivity (Wildman–Crippen MR) is 598 cm³/mol. The molecule has 0 bridgehead atoms. The highest BCUT2D eigenvalue weighted by molar-refractivity contribution is 6.08. The Kier molecular flexibility index (Phi) is 81.5. The van der Waals surface area contributed by atoms with Gasteiger partial charge in [-0.2, -0.15) is 0 Å². The minimum absolute atomic E-state index is 1.20.